The summed E-state index contributed by atoms with van der Waals surface area (Å²) in [6.45, 7) is 1.23. The highest BCUT2D eigenvalue weighted by molar-refractivity contribution is 6.30. The van der Waals surface area contributed by atoms with Crippen molar-refractivity contribution in [1.82, 2.24) is 18.9 Å². The van der Waals surface area contributed by atoms with Crippen LogP contribution in [0.4, 0.5) is 5.95 Å². The second kappa shape index (κ2) is 6.02. The molecule has 1 unspecified atom stereocenters. The molecule has 6 rings (SSSR count). The number of imidazole rings is 2. The average molecular weight is 410 g/mol. The lowest BCUT2D eigenvalue weighted by molar-refractivity contribution is 0.297. The number of rotatable bonds is 1. The van der Waals surface area contributed by atoms with E-state index in [2.05, 4.69) is 15.3 Å². The highest BCUT2D eigenvalue weighted by Gasteiger charge is 2.29. The summed E-state index contributed by atoms with van der Waals surface area (Å²) in [5.41, 5.74) is 9.27. The maximum atomic E-state index is 6.21. The van der Waals surface area contributed by atoms with Gasteiger partial charge in [0.15, 0.2) is 23.6 Å². The molecule has 1 atom stereocenters. The Hall–Kier alpha value is -3.46. The molecule has 0 saturated heterocycles. The summed E-state index contributed by atoms with van der Waals surface area (Å²) < 4.78 is 15.6. The van der Waals surface area contributed by atoms with Crippen LogP contribution < -0.4 is 20.5 Å². The van der Waals surface area contributed by atoms with E-state index in [4.69, 9.17) is 31.8 Å². The first-order chi connectivity index (χ1) is 14.2. The number of anilines is 1. The minimum Gasteiger partial charge on any atom is -0.489 e. The van der Waals surface area contributed by atoms with Gasteiger partial charge in [0.05, 0.1) is 41.2 Å². The molecule has 10 heteroatoms. The monoisotopic (exact) mass is 409 g/mol. The molecule has 146 valence electrons. The third-order valence-electron chi connectivity index (χ3n) is 5.07. The highest BCUT2D eigenvalue weighted by atomic mass is 35.5. The molecule has 29 heavy (non-hydrogen) atoms. The molecule has 3 aromatic heterocycles. The molecule has 2 aliphatic heterocycles. The number of halogens is 1. The summed E-state index contributed by atoms with van der Waals surface area (Å²) in [6.07, 6.45) is 3.96. The van der Waals surface area contributed by atoms with Crippen LogP contribution in [0.15, 0.2) is 41.7 Å². The van der Waals surface area contributed by atoms with Gasteiger partial charge in [-0.15, -0.1) is 0 Å². The number of hydrogen-bond donors (Lipinski definition) is 2. The van der Waals surface area contributed by atoms with E-state index < -0.39 is 6.17 Å². The van der Waals surface area contributed by atoms with Crippen LogP contribution in [0.5, 0.6) is 11.5 Å². The fraction of sp³-hybridized carbons (Fsp3) is 0.211. The second-order valence-electron chi connectivity index (χ2n) is 6.92. The van der Waals surface area contributed by atoms with Gasteiger partial charge in [0, 0.05) is 24.8 Å². The maximum Gasteiger partial charge on any atom is 0.212 e. The van der Waals surface area contributed by atoms with Crippen LogP contribution in [0, 0.1) is 0 Å². The van der Waals surface area contributed by atoms with Crippen molar-refractivity contribution >= 4 is 40.2 Å². The van der Waals surface area contributed by atoms with E-state index in [1.165, 1.54) is 0 Å². The van der Waals surface area contributed by atoms with Crippen LogP contribution in [0.3, 0.4) is 0 Å². The second-order valence-corrected chi connectivity index (χ2v) is 7.35. The smallest absolute Gasteiger partial charge is 0.212 e. The number of benzene rings is 1. The lowest BCUT2D eigenvalue weighted by Gasteiger charge is -2.23. The predicted octanol–water partition coefficient (Wildman–Crippen LogP) is 2.79. The van der Waals surface area contributed by atoms with Gasteiger partial charge in [-0.1, -0.05) is 11.6 Å². The molecule has 0 saturated carbocycles. The summed E-state index contributed by atoms with van der Waals surface area (Å²) in [5.74, 6) is 2.26. The lowest BCUT2D eigenvalue weighted by Crippen LogP contribution is -2.31. The molecule has 2 aliphatic rings. The van der Waals surface area contributed by atoms with E-state index in [-0.39, 0.29) is 5.96 Å². The lowest BCUT2D eigenvalue weighted by atomic mass is 10.2. The Morgan fingerprint density at radius 2 is 2.00 bits per heavy atom. The third kappa shape index (κ3) is 2.51. The minimum atomic E-state index is -0.463. The largest absolute Gasteiger partial charge is 0.489 e. The summed E-state index contributed by atoms with van der Waals surface area (Å²) in [4.78, 5) is 13.8. The topological polar surface area (TPSA) is 104 Å². The highest BCUT2D eigenvalue weighted by Crippen LogP contribution is 2.39. The normalized spacial score (nSPS) is 18.2. The van der Waals surface area contributed by atoms with Gasteiger partial charge in [-0.25, -0.2) is 15.0 Å². The van der Waals surface area contributed by atoms with E-state index in [1.54, 1.807) is 12.3 Å². The van der Waals surface area contributed by atoms with E-state index in [0.29, 0.717) is 35.7 Å². The molecule has 5 heterocycles. The van der Waals surface area contributed by atoms with Crippen molar-refractivity contribution in [3.05, 3.63) is 47.4 Å². The number of nitrogens with zero attached hydrogens (tertiary/aromatic N) is 5. The summed E-state index contributed by atoms with van der Waals surface area (Å²) in [6, 6.07) is 7.49. The number of pyridine rings is 1. The number of aliphatic imine (C=N–C) groups is 1. The van der Waals surface area contributed by atoms with Crippen LogP contribution in [-0.2, 0) is 0 Å². The molecule has 0 spiro atoms. The number of fused-ring (bicyclic) bond motifs is 5. The molecule has 0 aliphatic carbocycles. The van der Waals surface area contributed by atoms with Crippen molar-refractivity contribution in [3.8, 4) is 11.5 Å². The van der Waals surface area contributed by atoms with E-state index in [0.717, 1.165) is 28.8 Å². The number of ether oxygens (including phenoxy) is 2. The third-order valence-corrected chi connectivity index (χ3v) is 5.29. The quantitative estimate of drug-likeness (QED) is 0.501. The number of guanidine groups is 1. The molecule has 0 bridgehead atoms. The van der Waals surface area contributed by atoms with Crippen LogP contribution in [-0.4, -0.2) is 38.1 Å². The minimum absolute atomic E-state index is 0.281. The first-order valence-corrected chi connectivity index (χ1v) is 9.59. The fourth-order valence-electron chi connectivity index (χ4n) is 3.79. The zero-order valence-electron chi connectivity index (χ0n) is 15.2. The van der Waals surface area contributed by atoms with Gasteiger partial charge in [0.2, 0.25) is 5.95 Å². The van der Waals surface area contributed by atoms with Crippen molar-refractivity contribution < 1.29 is 9.47 Å². The number of nitrogens with one attached hydrogen (secondary N) is 1. The number of aromatic nitrogens is 4. The Labute approximate surface area is 169 Å². The summed E-state index contributed by atoms with van der Waals surface area (Å²) in [7, 11) is 0. The Bertz CT molecular complexity index is 1310. The zero-order valence-corrected chi connectivity index (χ0v) is 15.9. The van der Waals surface area contributed by atoms with Crippen LogP contribution >= 0.6 is 11.6 Å². The molecule has 0 amide bonds. The number of nitrogens with two attached hydrogens (primary N) is 1. The van der Waals surface area contributed by atoms with Crippen molar-refractivity contribution in [1.29, 1.82) is 0 Å². The Morgan fingerprint density at radius 3 is 2.86 bits per heavy atom. The predicted molar refractivity (Wildman–Crippen MR) is 109 cm³/mol. The molecule has 0 radical (unpaired) electrons. The van der Waals surface area contributed by atoms with Gasteiger partial charge in [-0.3, -0.25) is 14.3 Å². The summed E-state index contributed by atoms with van der Waals surface area (Å²) in [5, 5.41) is 3.65. The standard InChI is InChI=1S/C19H16ClN7O2/c20-10-2-3-16-22-8-13(26(16)9-10)17-24-18(21)25-19-23-11-6-14-15(7-12(11)27(17)19)29-5-1-4-28-14/h2-3,6-9,17H,1,4-5H2,(H3,21,23,24,25). The van der Waals surface area contributed by atoms with Crippen molar-refractivity contribution in [2.75, 3.05) is 18.5 Å². The molecule has 3 N–H and O–H groups in total. The van der Waals surface area contributed by atoms with Gasteiger partial charge < -0.3 is 15.2 Å². The maximum absolute atomic E-state index is 6.21. The van der Waals surface area contributed by atoms with E-state index in [9.17, 15) is 0 Å². The van der Waals surface area contributed by atoms with Crippen LogP contribution in [0.1, 0.15) is 18.3 Å². The first-order valence-electron chi connectivity index (χ1n) is 9.22. The van der Waals surface area contributed by atoms with Gasteiger partial charge in [0.25, 0.3) is 0 Å². The SMILES string of the molecule is NC1=NC(c2cnc3ccc(Cl)cn23)n2c(nc3cc4c(cc32)OCCCO4)N1. The molecule has 1 aromatic carbocycles. The Kier molecular flexibility index (Phi) is 3.42. The van der Waals surface area contributed by atoms with Gasteiger partial charge in [-0.05, 0) is 12.1 Å². The summed E-state index contributed by atoms with van der Waals surface area (Å²) >= 11 is 6.21. The Morgan fingerprint density at radius 1 is 1.17 bits per heavy atom. The van der Waals surface area contributed by atoms with Crippen molar-refractivity contribution in [2.45, 2.75) is 12.6 Å². The fourth-order valence-corrected chi connectivity index (χ4v) is 3.95. The van der Waals surface area contributed by atoms with Crippen LogP contribution in [0.2, 0.25) is 5.02 Å². The van der Waals surface area contributed by atoms with Crippen LogP contribution in [0.25, 0.3) is 16.7 Å². The first kappa shape index (κ1) is 16.5. The van der Waals surface area contributed by atoms with Crippen molar-refractivity contribution in [3.63, 3.8) is 0 Å². The van der Waals surface area contributed by atoms with Gasteiger partial charge >= 0.3 is 0 Å². The van der Waals surface area contributed by atoms with Gasteiger partial charge in [-0.2, -0.15) is 0 Å². The average Bonchev–Trinajstić information content (AvgIpc) is 3.18. The Balaban J connectivity index is 1.59. The van der Waals surface area contributed by atoms with Gasteiger partial charge in [0.1, 0.15) is 5.65 Å². The molecule has 9 nitrogen and oxygen atoms in total. The van der Waals surface area contributed by atoms with Crippen molar-refractivity contribution in [2.24, 2.45) is 10.7 Å². The molecule has 0 fully saturated rings. The molecular weight excluding hydrogens is 394 g/mol. The molecular formula is C19H16ClN7O2. The zero-order chi connectivity index (χ0) is 19.5. The number of hydrogen-bond acceptors (Lipinski definition) is 7. The van der Waals surface area contributed by atoms with E-state index in [1.807, 2.05) is 33.4 Å². The molecule has 4 aromatic rings. The van der Waals surface area contributed by atoms with E-state index >= 15 is 0 Å².